The summed E-state index contributed by atoms with van der Waals surface area (Å²) in [7, 11) is 0. The topological polar surface area (TPSA) is 17.1 Å². The maximum atomic E-state index is 12.1. The van der Waals surface area contributed by atoms with Gasteiger partial charge >= 0.3 is 0 Å². The number of ketones is 1. The molecule has 0 saturated carbocycles. The number of carbonyl (C=O) groups is 1. The molecule has 0 aliphatic carbocycles. The molecule has 0 aliphatic heterocycles. The summed E-state index contributed by atoms with van der Waals surface area (Å²) in [5.41, 5.74) is 1.86. The van der Waals surface area contributed by atoms with Crippen molar-refractivity contribution in [3.63, 3.8) is 0 Å². The van der Waals surface area contributed by atoms with Gasteiger partial charge in [0.1, 0.15) is 0 Å². The van der Waals surface area contributed by atoms with E-state index < -0.39 is 0 Å². The zero-order chi connectivity index (χ0) is 12.1. The van der Waals surface area contributed by atoms with Gasteiger partial charge in [0.25, 0.3) is 0 Å². The summed E-state index contributed by atoms with van der Waals surface area (Å²) in [6.45, 7) is 6.16. The van der Waals surface area contributed by atoms with Crippen LogP contribution >= 0.6 is 11.6 Å². The summed E-state index contributed by atoms with van der Waals surface area (Å²) < 4.78 is 0. The van der Waals surface area contributed by atoms with E-state index in [9.17, 15) is 4.79 Å². The van der Waals surface area contributed by atoms with Gasteiger partial charge in [0.2, 0.25) is 0 Å². The van der Waals surface area contributed by atoms with Crippen LogP contribution in [0.5, 0.6) is 0 Å². The van der Waals surface area contributed by atoms with E-state index >= 15 is 0 Å². The molecule has 0 aliphatic rings. The highest BCUT2D eigenvalue weighted by Gasteiger charge is 2.16. The SMILES string of the molecule is CCc1cc(C(=O)C(CC)CC)ccc1Cl. The van der Waals surface area contributed by atoms with Crippen LogP contribution in [-0.2, 0) is 6.42 Å². The third-order valence-corrected chi connectivity index (χ3v) is 3.44. The van der Waals surface area contributed by atoms with Crippen LogP contribution in [0.2, 0.25) is 5.02 Å². The van der Waals surface area contributed by atoms with Crippen LogP contribution in [0.1, 0.15) is 49.5 Å². The molecule has 0 bridgehead atoms. The Bertz CT molecular complexity index is 367. The Morgan fingerprint density at radius 3 is 2.38 bits per heavy atom. The Kier molecular flexibility index (Phi) is 5.01. The van der Waals surface area contributed by atoms with Gasteiger partial charge in [-0.25, -0.2) is 0 Å². The Balaban J connectivity index is 3.00. The van der Waals surface area contributed by atoms with Gasteiger partial charge in [0.15, 0.2) is 5.78 Å². The maximum Gasteiger partial charge on any atom is 0.165 e. The monoisotopic (exact) mass is 238 g/mol. The van der Waals surface area contributed by atoms with Gasteiger partial charge in [0.05, 0.1) is 0 Å². The lowest BCUT2D eigenvalue weighted by Gasteiger charge is -2.12. The van der Waals surface area contributed by atoms with Gasteiger partial charge in [-0.1, -0.05) is 32.4 Å². The van der Waals surface area contributed by atoms with Crippen LogP contribution in [-0.4, -0.2) is 5.78 Å². The molecule has 0 saturated heterocycles. The lowest BCUT2D eigenvalue weighted by molar-refractivity contribution is 0.0913. The Hall–Kier alpha value is -0.820. The number of halogens is 1. The lowest BCUT2D eigenvalue weighted by atomic mass is 9.92. The Morgan fingerprint density at radius 2 is 1.88 bits per heavy atom. The first-order chi connectivity index (χ1) is 7.63. The number of Topliss-reactive ketones (excluding diaryl/α,β-unsaturated/α-hetero) is 1. The average molecular weight is 239 g/mol. The zero-order valence-corrected chi connectivity index (χ0v) is 11.0. The lowest BCUT2D eigenvalue weighted by Crippen LogP contribution is -2.13. The standard InChI is InChI=1S/C14H19ClO/c1-4-10(5-2)14(16)12-7-8-13(15)11(6-3)9-12/h7-10H,4-6H2,1-3H3. The molecule has 1 aromatic rings. The Labute approximate surface area is 103 Å². The van der Waals surface area contributed by atoms with Crippen molar-refractivity contribution in [3.8, 4) is 0 Å². The smallest absolute Gasteiger partial charge is 0.165 e. The fourth-order valence-electron chi connectivity index (χ4n) is 1.89. The molecule has 1 aromatic carbocycles. The van der Waals surface area contributed by atoms with Gasteiger partial charge in [0, 0.05) is 16.5 Å². The van der Waals surface area contributed by atoms with E-state index in [1.54, 1.807) is 0 Å². The molecule has 16 heavy (non-hydrogen) atoms. The molecule has 0 N–H and O–H groups in total. The van der Waals surface area contributed by atoms with E-state index in [0.717, 1.165) is 35.4 Å². The molecular formula is C14H19ClO. The van der Waals surface area contributed by atoms with Crippen LogP contribution in [0.4, 0.5) is 0 Å². The third kappa shape index (κ3) is 2.85. The molecule has 88 valence electrons. The number of rotatable bonds is 5. The van der Waals surface area contributed by atoms with Gasteiger partial charge in [-0.2, -0.15) is 0 Å². The van der Waals surface area contributed by atoms with Gasteiger partial charge in [-0.05, 0) is 43.0 Å². The highest BCUT2D eigenvalue weighted by Crippen LogP contribution is 2.22. The summed E-state index contributed by atoms with van der Waals surface area (Å²) >= 11 is 6.04. The molecule has 0 heterocycles. The second-order valence-corrected chi connectivity index (χ2v) is 4.44. The van der Waals surface area contributed by atoms with Crippen molar-refractivity contribution >= 4 is 17.4 Å². The van der Waals surface area contributed by atoms with E-state index in [4.69, 9.17) is 11.6 Å². The highest BCUT2D eigenvalue weighted by atomic mass is 35.5. The first kappa shape index (κ1) is 13.2. The predicted octanol–water partition coefficient (Wildman–Crippen LogP) is 4.52. The van der Waals surface area contributed by atoms with E-state index in [2.05, 4.69) is 13.8 Å². The van der Waals surface area contributed by atoms with Crippen LogP contribution in [0.3, 0.4) is 0 Å². The summed E-state index contributed by atoms with van der Waals surface area (Å²) in [4.78, 5) is 12.1. The average Bonchev–Trinajstić information content (AvgIpc) is 2.31. The minimum absolute atomic E-state index is 0.144. The van der Waals surface area contributed by atoms with Crippen LogP contribution in [0.25, 0.3) is 0 Å². The minimum Gasteiger partial charge on any atom is -0.294 e. The normalized spacial score (nSPS) is 10.8. The largest absolute Gasteiger partial charge is 0.294 e. The van der Waals surface area contributed by atoms with Crippen LogP contribution < -0.4 is 0 Å². The van der Waals surface area contributed by atoms with Crippen LogP contribution in [0, 0.1) is 5.92 Å². The summed E-state index contributed by atoms with van der Waals surface area (Å²) in [6, 6.07) is 5.60. The van der Waals surface area contributed by atoms with Crippen molar-refractivity contribution < 1.29 is 4.79 Å². The quantitative estimate of drug-likeness (QED) is 0.690. The molecule has 0 amide bonds. The predicted molar refractivity (Wildman–Crippen MR) is 69.2 cm³/mol. The van der Waals surface area contributed by atoms with Gasteiger partial charge in [-0.3, -0.25) is 4.79 Å². The second kappa shape index (κ2) is 6.05. The number of benzene rings is 1. The summed E-state index contributed by atoms with van der Waals surface area (Å²) in [5.74, 6) is 0.391. The van der Waals surface area contributed by atoms with Crippen molar-refractivity contribution in [3.05, 3.63) is 34.3 Å². The first-order valence-corrected chi connectivity index (χ1v) is 6.34. The zero-order valence-electron chi connectivity index (χ0n) is 10.2. The molecule has 0 aromatic heterocycles. The van der Waals surface area contributed by atoms with Gasteiger partial charge < -0.3 is 0 Å². The van der Waals surface area contributed by atoms with E-state index in [-0.39, 0.29) is 11.7 Å². The number of hydrogen-bond acceptors (Lipinski definition) is 1. The highest BCUT2D eigenvalue weighted by molar-refractivity contribution is 6.31. The molecule has 0 radical (unpaired) electrons. The van der Waals surface area contributed by atoms with Crippen LogP contribution in [0.15, 0.2) is 18.2 Å². The van der Waals surface area contributed by atoms with Crippen molar-refractivity contribution in [2.24, 2.45) is 5.92 Å². The number of aryl methyl sites for hydroxylation is 1. The van der Waals surface area contributed by atoms with Crippen molar-refractivity contribution in [2.75, 3.05) is 0 Å². The molecule has 0 atom stereocenters. The first-order valence-electron chi connectivity index (χ1n) is 5.96. The fraction of sp³-hybridized carbons (Fsp3) is 0.500. The van der Waals surface area contributed by atoms with Gasteiger partial charge in [-0.15, -0.1) is 0 Å². The molecule has 0 fully saturated rings. The van der Waals surface area contributed by atoms with Crippen molar-refractivity contribution in [1.29, 1.82) is 0 Å². The molecule has 1 nitrogen and oxygen atoms in total. The number of carbonyl (C=O) groups excluding carboxylic acids is 1. The van der Waals surface area contributed by atoms with Crippen molar-refractivity contribution in [2.45, 2.75) is 40.0 Å². The molecule has 2 heteroatoms. The molecule has 0 unspecified atom stereocenters. The minimum atomic E-state index is 0.144. The molecular weight excluding hydrogens is 220 g/mol. The van der Waals surface area contributed by atoms with E-state index in [1.807, 2.05) is 25.1 Å². The van der Waals surface area contributed by atoms with E-state index in [0.29, 0.717) is 0 Å². The van der Waals surface area contributed by atoms with Crippen molar-refractivity contribution in [1.82, 2.24) is 0 Å². The number of hydrogen-bond donors (Lipinski definition) is 0. The second-order valence-electron chi connectivity index (χ2n) is 4.04. The maximum absolute atomic E-state index is 12.1. The summed E-state index contributed by atoms with van der Waals surface area (Å²) in [5, 5.41) is 0.753. The van der Waals surface area contributed by atoms with E-state index in [1.165, 1.54) is 0 Å². The Morgan fingerprint density at radius 1 is 1.25 bits per heavy atom. The fourth-order valence-corrected chi connectivity index (χ4v) is 2.15. The third-order valence-electron chi connectivity index (χ3n) is 3.07. The molecule has 0 spiro atoms. The summed E-state index contributed by atoms with van der Waals surface area (Å²) in [6.07, 6.45) is 2.67. The molecule has 1 rings (SSSR count).